The number of fused-ring (bicyclic) bond motifs is 1. The number of carbonyl (C=O) groups is 2. The summed E-state index contributed by atoms with van der Waals surface area (Å²) in [4.78, 5) is 24.3. The standard InChI is InChI=1S/C34H37NO7/c1-7-39-22(2)25-11-12-30(28(18-25)19-31(36)38-6)41-21-24-16-27-13-14-40-32(27)29(17-24)26-10-8-9-23(15-26)20-35-33(37)42-34(3,4)5/h8-18H,2,7,19-21H2,1,3-6H3,(H,35,37). The Morgan fingerprint density at radius 1 is 1.00 bits per heavy atom. The number of amides is 1. The second kappa shape index (κ2) is 13.3. The molecule has 0 atom stereocenters. The van der Waals surface area contributed by atoms with E-state index in [4.69, 9.17) is 23.4 Å². The number of nitrogens with one attached hydrogen (secondary N) is 1. The Labute approximate surface area is 246 Å². The minimum Gasteiger partial charge on any atom is -0.494 e. The summed E-state index contributed by atoms with van der Waals surface area (Å²) in [5, 5.41) is 3.74. The summed E-state index contributed by atoms with van der Waals surface area (Å²) in [6, 6.07) is 19.4. The van der Waals surface area contributed by atoms with E-state index in [1.165, 1.54) is 7.11 Å². The van der Waals surface area contributed by atoms with Crippen LogP contribution in [0.2, 0.25) is 0 Å². The highest BCUT2D eigenvalue weighted by Gasteiger charge is 2.17. The molecule has 220 valence electrons. The van der Waals surface area contributed by atoms with E-state index < -0.39 is 11.7 Å². The van der Waals surface area contributed by atoms with Crippen molar-refractivity contribution in [1.29, 1.82) is 0 Å². The smallest absolute Gasteiger partial charge is 0.407 e. The number of ether oxygens (including phenoxy) is 4. The van der Waals surface area contributed by atoms with Crippen LogP contribution in [0.5, 0.6) is 5.75 Å². The summed E-state index contributed by atoms with van der Waals surface area (Å²) in [5.74, 6) is 0.716. The lowest BCUT2D eigenvalue weighted by atomic mass is 9.99. The molecule has 1 N–H and O–H groups in total. The van der Waals surface area contributed by atoms with Gasteiger partial charge in [-0.25, -0.2) is 4.79 Å². The van der Waals surface area contributed by atoms with Crippen LogP contribution in [-0.4, -0.2) is 31.4 Å². The summed E-state index contributed by atoms with van der Waals surface area (Å²) in [6.07, 6.45) is 1.24. The summed E-state index contributed by atoms with van der Waals surface area (Å²) in [5.41, 5.74) is 5.30. The number of benzene rings is 3. The number of furan rings is 1. The van der Waals surface area contributed by atoms with Gasteiger partial charge < -0.3 is 28.7 Å². The van der Waals surface area contributed by atoms with Crippen molar-refractivity contribution in [2.45, 2.75) is 52.9 Å². The van der Waals surface area contributed by atoms with Gasteiger partial charge in [0, 0.05) is 28.6 Å². The van der Waals surface area contributed by atoms with Gasteiger partial charge in [0.2, 0.25) is 0 Å². The molecular formula is C34H37NO7. The van der Waals surface area contributed by atoms with Crippen molar-refractivity contribution < 1.29 is 33.0 Å². The molecule has 0 aliphatic heterocycles. The highest BCUT2D eigenvalue weighted by atomic mass is 16.6. The molecule has 0 fully saturated rings. The van der Waals surface area contributed by atoms with E-state index in [1.807, 2.05) is 88.4 Å². The zero-order chi connectivity index (χ0) is 30.3. The summed E-state index contributed by atoms with van der Waals surface area (Å²) in [6.45, 7) is 12.4. The first kappa shape index (κ1) is 30.2. The van der Waals surface area contributed by atoms with Gasteiger partial charge in [0.05, 0.1) is 26.4 Å². The zero-order valence-corrected chi connectivity index (χ0v) is 24.7. The first-order valence-corrected chi connectivity index (χ1v) is 13.8. The van der Waals surface area contributed by atoms with Crippen LogP contribution >= 0.6 is 0 Å². The molecule has 4 rings (SSSR count). The van der Waals surface area contributed by atoms with Crippen LogP contribution in [0.1, 0.15) is 49.9 Å². The number of hydrogen-bond donors (Lipinski definition) is 1. The molecule has 0 unspecified atom stereocenters. The molecule has 8 nitrogen and oxygen atoms in total. The fourth-order valence-corrected chi connectivity index (χ4v) is 4.46. The molecule has 0 bridgehead atoms. The van der Waals surface area contributed by atoms with Crippen molar-refractivity contribution in [3.63, 3.8) is 0 Å². The first-order valence-electron chi connectivity index (χ1n) is 13.8. The Kier molecular flexibility index (Phi) is 9.57. The third-order valence-corrected chi connectivity index (χ3v) is 6.34. The number of hydrogen-bond acceptors (Lipinski definition) is 7. The van der Waals surface area contributed by atoms with Crippen LogP contribution in [-0.2, 0) is 38.6 Å². The molecular weight excluding hydrogens is 534 g/mol. The highest BCUT2D eigenvalue weighted by Crippen LogP contribution is 2.33. The average Bonchev–Trinajstić information content (AvgIpc) is 3.43. The zero-order valence-electron chi connectivity index (χ0n) is 24.7. The fourth-order valence-electron chi connectivity index (χ4n) is 4.46. The van der Waals surface area contributed by atoms with Crippen LogP contribution in [0.4, 0.5) is 4.79 Å². The minimum atomic E-state index is -0.570. The molecule has 0 saturated carbocycles. The average molecular weight is 572 g/mol. The third kappa shape index (κ3) is 7.94. The van der Waals surface area contributed by atoms with Gasteiger partial charge in [-0.1, -0.05) is 24.8 Å². The largest absolute Gasteiger partial charge is 0.494 e. The van der Waals surface area contributed by atoms with Crippen molar-refractivity contribution >= 4 is 28.8 Å². The van der Waals surface area contributed by atoms with Gasteiger partial charge >= 0.3 is 12.1 Å². The Bertz CT molecular complexity index is 1580. The van der Waals surface area contributed by atoms with E-state index >= 15 is 0 Å². The van der Waals surface area contributed by atoms with Crippen molar-refractivity contribution in [3.8, 4) is 16.9 Å². The van der Waals surface area contributed by atoms with Crippen molar-refractivity contribution in [2.75, 3.05) is 13.7 Å². The molecule has 0 aliphatic rings. The molecule has 0 saturated heterocycles. The molecule has 0 spiro atoms. The quantitative estimate of drug-likeness (QED) is 0.148. The first-order chi connectivity index (χ1) is 20.1. The molecule has 0 aliphatic carbocycles. The van der Waals surface area contributed by atoms with Gasteiger partial charge in [-0.2, -0.15) is 0 Å². The molecule has 1 aromatic heterocycles. The van der Waals surface area contributed by atoms with Crippen LogP contribution < -0.4 is 10.1 Å². The van der Waals surface area contributed by atoms with Gasteiger partial charge in [0.15, 0.2) is 0 Å². The van der Waals surface area contributed by atoms with E-state index in [2.05, 4.69) is 11.9 Å². The van der Waals surface area contributed by atoms with Gasteiger partial charge in [0.1, 0.15) is 29.3 Å². The summed E-state index contributed by atoms with van der Waals surface area (Å²) in [7, 11) is 1.36. The topological polar surface area (TPSA) is 96.2 Å². The number of alkyl carbamates (subject to hydrolysis) is 1. The second-order valence-electron chi connectivity index (χ2n) is 10.8. The number of carbonyl (C=O) groups excluding carboxylic acids is 2. The van der Waals surface area contributed by atoms with Crippen LogP contribution in [0.3, 0.4) is 0 Å². The maximum atomic E-state index is 12.1. The SMILES string of the molecule is C=C(OCC)c1ccc(OCc2cc(-c3cccc(CNC(=O)OC(C)(C)C)c3)c3occc3c2)c(CC(=O)OC)c1. The van der Waals surface area contributed by atoms with Crippen molar-refractivity contribution in [1.82, 2.24) is 5.32 Å². The van der Waals surface area contributed by atoms with Crippen LogP contribution in [0.15, 0.2) is 77.9 Å². The van der Waals surface area contributed by atoms with Gasteiger partial charge in [-0.3, -0.25) is 4.79 Å². The molecule has 1 amide bonds. The number of methoxy groups -OCH3 is 1. The van der Waals surface area contributed by atoms with E-state index in [1.54, 1.807) is 6.26 Å². The van der Waals surface area contributed by atoms with Gasteiger partial charge in [0.25, 0.3) is 0 Å². The lowest BCUT2D eigenvalue weighted by Gasteiger charge is -2.19. The number of esters is 1. The Balaban J connectivity index is 1.57. The second-order valence-corrected chi connectivity index (χ2v) is 10.8. The molecule has 3 aromatic carbocycles. The molecule has 42 heavy (non-hydrogen) atoms. The van der Waals surface area contributed by atoms with E-state index in [9.17, 15) is 9.59 Å². The van der Waals surface area contributed by atoms with E-state index in [-0.39, 0.29) is 19.0 Å². The van der Waals surface area contributed by atoms with E-state index in [0.29, 0.717) is 30.2 Å². The van der Waals surface area contributed by atoms with Gasteiger partial charge in [-0.05, 0) is 86.8 Å². The van der Waals surface area contributed by atoms with E-state index in [0.717, 1.165) is 38.8 Å². The predicted octanol–water partition coefficient (Wildman–Crippen LogP) is 7.43. The molecule has 0 radical (unpaired) electrons. The summed E-state index contributed by atoms with van der Waals surface area (Å²) >= 11 is 0. The minimum absolute atomic E-state index is 0.0508. The maximum Gasteiger partial charge on any atom is 0.407 e. The molecule has 4 aromatic rings. The molecule has 1 heterocycles. The Morgan fingerprint density at radius 2 is 1.81 bits per heavy atom. The summed E-state index contributed by atoms with van der Waals surface area (Å²) < 4.78 is 27.9. The lowest BCUT2D eigenvalue weighted by molar-refractivity contribution is -0.139. The fraction of sp³-hybridized carbons (Fsp3) is 0.294. The Hall–Kier alpha value is -4.72. The maximum absolute atomic E-state index is 12.1. The molecule has 8 heteroatoms. The van der Waals surface area contributed by atoms with Gasteiger partial charge in [-0.15, -0.1) is 0 Å². The Morgan fingerprint density at radius 3 is 2.55 bits per heavy atom. The lowest BCUT2D eigenvalue weighted by Crippen LogP contribution is -2.32. The third-order valence-electron chi connectivity index (χ3n) is 6.34. The van der Waals surface area contributed by atoms with Crippen LogP contribution in [0, 0.1) is 0 Å². The van der Waals surface area contributed by atoms with Crippen molar-refractivity contribution in [3.05, 3.63) is 95.8 Å². The number of rotatable bonds is 11. The van der Waals surface area contributed by atoms with Crippen molar-refractivity contribution in [2.24, 2.45) is 0 Å². The monoisotopic (exact) mass is 571 g/mol. The normalized spacial score (nSPS) is 11.2. The van der Waals surface area contributed by atoms with Crippen LogP contribution in [0.25, 0.3) is 27.9 Å². The highest BCUT2D eigenvalue weighted by molar-refractivity contribution is 5.93. The predicted molar refractivity (Wildman–Crippen MR) is 162 cm³/mol.